The van der Waals surface area contributed by atoms with Gasteiger partial charge >= 0.3 is 0 Å². The highest BCUT2D eigenvalue weighted by molar-refractivity contribution is 5.38. The maximum absolute atomic E-state index is 5.34. The Kier molecular flexibility index (Phi) is 3.18. The zero-order valence-corrected chi connectivity index (χ0v) is 9.99. The summed E-state index contributed by atoms with van der Waals surface area (Å²) < 4.78 is 7.05. The second-order valence-electron chi connectivity index (χ2n) is 4.36. The molecule has 0 aliphatic carbocycles. The number of rotatable bonds is 4. The second kappa shape index (κ2) is 5.14. The van der Waals surface area contributed by atoms with Gasteiger partial charge in [0.1, 0.15) is 0 Å². The van der Waals surface area contributed by atoms with E-state index < -0.39 is 0 Å². The van der Waals surface area contributed by atoms with Crippen molar-refractivity contribution in [3.05, 3.63) is 30.3 Å². The lowest BCUT2D eigenvalue weighted by Gasteiger charge is -2.10. The van der Waals surface area contributed by atoms with Gasteiger partial charge in [0.05, 0.1) is 12.3 Å². The minimum atomic E-state index is 0.547. The van der Waals surface area contributed by atoms with Crippen LogP contribution in [0.5, 0.6) is 0 Å². The normalized spacial score (nSPS) is 19.0. The van der Waals surface area contributed by atoms with Gasteiger partial charge in [0, 0.05) is 19.1 Å². The first-order valence-electron chi connectivity index (χ1n) is 6.09. The number of nitrogens with one attached hydrogen (secondary N) is 1. The summed E-state index contributed by atoms with van der Waals surface area (Å²) in [4.78, 5) is 0. The zero-order chi connectivity index (χ0) is 12.2. The Morgan fingerprint density at radius 2 is 2.22 bits per heavy atom. The molecule has 0 amide bonds. The van der Waals surface area contributed by atoms with E-state index in [1.165, 1.54) is 0 Å². The lowest BCUT2D eigenvalue weighted by Crippen LogP contribution is -2.16. The van der Waals surface area contributed by atoms with Gasteiger partial charge in [-0.25, -0.2) is 0 Å². The Balaban J connectivity index is 1.71. The van der Waals surface area contributed by atoms with Crippen molar-refractivity contribution in [1.82, 2.24) is 20.2 Å². The Hall–Kier alpha value is -1.95. The number of tetrazole rings is 1. The van der Waals surface area contributed by atoms with E-state index in [0.29, 0.717) is 11.9 Å². The highest BCUT2D eigenvalue weighted by Crippen LogP contribution is 2.14. The lowest BCUT2D eigenvalue weighted by molar-refractivity contribution is 0.187. The molecule has 0 unspecified atom stereocenters. The van der Waals surface area contributed by atoms with E-state index in [0.717, 1.165) is 31.9 Å². The minimum Gasteiger partial charge on any atom is -0.381 e. The van der Waals surface area contributed by atoms with Crippen LogP contribution in [0.1, 0.15) is 6.42 Å². The molecular weight excluding hydrogens is 230 g/mol. The molecule has 2 aromatic rings. The molecule has 0 bridgehead atoms. The minimum absolute atomic E-state index is 0.547. The van der Waals surface area contributed by atoms with Crippen molar-refractivity contribution < 1.29 is 4.74 Å². The van der Waals surface area contributed by atoms with Crippen LogP contribution in [-0.2, 0) is 4.74 Å². The second-order valence-corrected chi connectivity index (χ2v) is 4.36. The number of para-hydroxylation sites is 1. The van der Waals surface area contributed by atoms with Crippen molar-refractivity contribution in [3.63, 3.8) is 0 Å². The molecular formula is C12H15N5O. The Bertz CT molecular complexity index is 492. The molecule has 2 heterocycles. The molecule has 1 aliphatic heterocycles. The maximum atomic E-state index is 5.34. The number of hydrogen-bond donors (Lipinski definition) is 1. The summed E-state index contributed by atoms with van der Waals surface area (Å²) in [5.41, 5.74) is 0.952. The third-order valence-corrected chi connectivity index (χ3v) is 3.04. The van der Waals surface area contributed by atoms with E-state index in [2.05, 4.69) is 20.8 Å². The molecule has 6 nitrogen and oxygen atoms in total. The zero-order valence-electron chi connectivity index (χ0n) is 9.99. The molecule has 1 aromatic heterocycles. The van der Waals surface area contributed by atoms with Gasteiger partial charge in [-0.15, -0.1) is 0 Å². The first kappa shape index (κ1) is 11.2. The van der Waals surface area contributed by atoms with Crippen molar-refractivity contribution in [2.75, 3.05) is 25.1 Å². The summed E-state index contributed by atoms with van der Waals surface area (Å²) in [5, 5.41) is 15.0. The number of nitrogens with zero attached hydrogens (tertiary/aromatic N) is 4. The van der Waals surface area contributed by atoms with E-state index >= 15 is 0 Å². The Labute approximate surface area is 105 Å². The van der Waals surface area contributed by atoms with Crippen molar-refractivity contribution >= 4 is 5.95 Å². The molecule has 1 fully saturated rings. The van der Waals surface area contributed by atoms with Crippen LogP contribution in [0.25, 0.3) is 5.69 Å². The van der Waals surface area contributed by atoms with Gasteiger partial charge in [-0.2, -0.15) is 4.68 Å². The molecule has 0 saturated carbocycles. The average molecular weight is 245 g/mol. The molecule has 1 N–H and O–H groups in total. The molecule has 18 heavy (non-hydrogen) atoms. The summed E-state index contributed by atoms with van der Waals surface area (Å²) in [6.45, 7) is 2.52. The van der Waals surface area contributed by atoms with Crippen LogP contribution in [0, 0.1) is 5.92 Å². The van der Waals surface area contributed by atoms with Crippen molar-refractivity contribution in [1.29, 1.82) is 0 Å². The summed E-state index contributed by atoms with van der Waals surface area (Å²) >= 11 is 0. The average Bonchev–Trinajstić information content (AvgIpc) is 3.09. The van der Waals surface area contributed by atoms with Crippen LogP contribution in [0.4, 0.5) is 5.95 Å². The van der Waals surface area contributed by atoms with Crippen molar-refractivity contribution in [2.24, 2.45) is 5.92 Å². The van der Waals surface area contributed by atoms with Gasteiger partial charge in [0.2, 0.25) is 5.95 Å². The summed E-state index contributed by atoms with van der Waals surface area (Å²) in [7, 11) is 0. The van der Waals surface area contributed by atoms with Gasteiger partial charge in [-0.05, 0) is 29.0 Å². The van der Waals surface area contributed by atoms with Crippen LogP contribution in [0.15, 0.2) is 30.3 Å². The van der Waals surface area contributed by atoms with Crippen LogP contribution < -0.4 is 5.32 Å². The smallest absolute Gasteiger partial charge is 0.247 e. The maximum Gasteiger partial charge on any atom is 0.247 e. The van der Waals surface area contributed by atoms with Crippen LogP contribution in [0.2, 0.25) is 0 Å². The molecule has 0 radical (unpaired) electrons. The summed E-state index contributed by atoms with van der Waals surface area (Å²) in [5.74, 6) is 1.22. The SMILES string of the molecule is c1ccc(-n2nnnc2NC[C@H]2CCOC2)cc1. The lowest BCUT2D eigenvalue weighted by atomic mass is 10.1. The molecule has 1 aromatic carbocycles. The fourth-order valence-electron chi connectivity index (χ4n) is 2.02. The molecule has 0 spiro atoms. The summed E-state index contributed by atoms with van der Waals surface area (Å²) in [6, 6.07) is 9.84. The number of anilines is 1. The first-order chi connectivity index (χ1) is 8.93. The first-order valence-corrected chi connectivity index (χ1v) is 6.09. The largest absolute Gasteiger partial charge is 0.381 e. The van der Waals surface area contributed by atoms with E-state index in [1.54, 1.807) is 4.68 Å². The van der Waals surface area contributed by atoms with E-state index in [4.69, 9.17) is 4.74 Å². The topological polar surface area (TPSA) is 64.9 Å². The third kappa shape index (κ3) is 2.33. The molecule has 1 saturated heterocycles. The van der Waals surface area contributed by atoms with E-state index in [-0.39, 0.29) is 0 Å². The highest BCUT2D eigenvalue weighted by atomic mass is 16.5. The molecule has 6 heteroatoms. The van der Waals surface area contributed by atoms with Crippen molar-refractivity contribution in [3.8, 4) is 5.69 Å². The molecule has 94 valence electrons. The molecule has 1 aliphatic rings. The fourth-order valence-corrected chi connectivity index (χ4v) is 2.02. The standard InChI is InChI=1S/C12H15N5O/c1-2-4-11(5-3-1)17-12(14-15-16-17)13-8-10-6-7-18-9-10/h1-5,10H,6-9H2,(H,13,14,16)/t10-/m1/s1. The van der Waals surface area contributed by atoms with E-state index in [9.17, 15) is 0 Å². The monoisotopic (exact) mass is 245 g/mol. The number of hydrogen-bond acceptors (Lipinski definition) is 5. The van der Waals surface area contributed by atoms with Crippen LogP contribution in [-0.4, -0.2) is 40.0 Å². The van der Waals surface area contributed by atoms with Crippen LogP contribution >= 0.6 is 0 Å². The van der Waals surface area contributed by atoms with E-state index in [1.807, 2.05) is 30.3 Å². The van der Waals surface area contributed by atoms with Gasteiger partial charge < -0.3 is 10.1 Å². The van der Waals surface area contributed by atoms with Gasteiger partial charge in [-0.3, -0.25) is 0 Å². The Morgan fingerprint density at radius 1 is 1.33 bits per heavy atom. The molecule has 1 atom stereocenters. The quantitative estimate of drug-likeness (QED) is 0.874. The van der Waals surface area contributed by atoms with Gasteiger partial charge in [0.25, 0.3) is 0 Å². The number of aromatic nitrogens is 4. The fraction of sp³-hybridized carbons (Fsp3) is 0.417. The number of ether oxygens (including phenoxy) is 1. The highest BCUT2D eigenvalue weighted by Gasteiger charge is 2.16. The van der Waals surface area contributed by atoms with Crippen LogP contribution in [0.3, 0.4) is 0 Å². The third-order valence-electron chi connectivity index (χ3n) is 3.04. The van der Waals surface area contributed by atoms with Crippen molar-refractivity contribution in [2.45, 2.75) is 6.42 Å². The number of benzene rings is 1. The Morgan fingerprint density at radius 3 is 3.00 bits per heavy atom. The molecule has 3 rings (SSSR count). The predicted molar refractivity (Wildman–Crippen MR) is 66.6 cm³/mol. The summed E-state index contributed by atoms with van der Waals surface area (Å²) in [6.07, 6.45) is 1.10. The van der Waals surface area contributed by atoms with Gasteiger partial charge in [-0.1, -0.05) is 23.3 Å². The van der Waals surface area contributed by atoms with Gasteiger partial charge in [0.15, 0.2) is 0 Å². The predicted octanol–water partition coefficient (Wildman–Crippen LogP) is 1.11.